The summed E-state index contributed by atoms with van der Waals surface area (Å²) in [5, 5.41) is 12.7. The average Bonchev–Trinajstić information content (AvgIpc) is 2.37. The molecule has 0 saturated heterocycles. The van der Waals surface area contributed by atoms with Crippen LogP contribution in [-0.2, 0) is 11.3 Å². The highest BCUT2D eigenvalue weighted by Gasteiger charge is 2.38. The first-order valence-electron chi connectivity index (χ1n) is 6.53. The third-order valence-corrected chi connectivity index (χ3v) is 3.67. The second-order valence-electron chi connectivity index (χ2n) is 5.07. The number of carboxylic acids is 1. The molecule has 0 aromatic carbocycles. The van der Waals surface area contributed by atoms with Crippen LogP contribution < -0.4 is 5.32 Å². The van der Waals surface area contributed by atoms with Crippen LogP contribution in [0.3, 0.4) is 0 Å². The van der Waals surface area contributed by atoms with Gasteiger partial charge in [-0.3, -0.25) is 15.1 Å². The van der Waals surface area contributed by atoms with Crippen LogP contribution in [0.25, 0.3) is 0 Å². The van der Waals surface area contributed by atoms with Gasteiger partial charge in [0, 0.05) is 12.2 Å². The molecule has 1 fully saturated rings. The second-order valence-corrected chi connectivity index (χ2v) is 5.07. The molecule has 98 valence electrons. The van der Waals surface area contributed by atoms with Gasteiger partial charge in [0.1, 0.15) is 5.54 Å². The zero-order valence-electron chi connectivity index (χ0n) is 10.8. The molecule has 1 aromatic heterocycles. The van der Waals surface area contributed by atoms with E-state index >= 15 is 0 Å². The molecule has 0 bridgehead atoms. The molecular weight excluding hydrogens is 228 g/mol. The highest BCUT2D eigenvalue weighted by molar-refractivity contribution is 5.78. The Hall–Kier alpha value is -1.42. The maximum absolute atomic E-state index is 11.5. The van der Waals surface area contributed by atoms with E-state index in [1.165, 1.54) is 0 Å². The van der Waals surface area contributed by atoms with Crippen molar-refractivity contribution in [2.75, 3.05) is 0 Å². The van der Waals surface area contributed by atoms with Crippen LogP contribution in [0.2, 0.25) is 0 Å². The molecule has 1 saturated carbocycles. The van der Waals surface area contributed by atoms with Gasteiger partial charge < -0.3 is 5.11 Å². The summed E-state index contributed by atoms with van der Waals surface area (Å²) >= 11 is 0. The molecule has 18 heavy (non-hydrogen) atoms. The molecule has 1 aromatic rings. The Bertz CT molecular complexity index is 426. The van der Waals surface area contributed by atoms with Gasteiger partial charge in [-0.05, 0) is 31.9 Å². The van der Waals surface area contributed by atoms with Gasteiger partial charge in [0.2, 0.25) is 0 Å². The van der Waals surface area contributed by atoms with Gasteiger partial charge in [0.25, 0.3) is 0 Å². The van der Waals surface area contributed by atoms with Crippen LogP contribution in [0.4, 0.5) is 0 Å². The summed E-state index contributed by atoms with van der Waals surface area (Å²) in [4.78, 5) is 15.9. The number of pyridine rings is 1. The number of rotatable bonds is 4. The van der Waals surface area contributed by atoms with Crippen LogP contribution >= 0.6 is 0 Å². The number of nitrogens with one attached hydrogen (secondary N) is 1. The summed E-state index contributed by atoms with van der Waals surface area (Å²) in [6, 6.07) is 5.82. The minimum Gasteiger partial charge on any atom is -0.480 e. The summed E-state index contributed by atoms with van der Waals surface area (Å²) in [5.41, 5.74) is 1.12. The van der Waals surface area contributed by atoms with Crippen LogP contribution in [0, 0.1) is 6.92 Å². The van der Waals surface area contributed by atoms with E-state index in [0.29, 0.717) is 19.4 Å². The number of nitrogens with zero attached hydrogens (tertiary/aromatic N) is 1. The topological polar surface area (TPSA) is 62.2 Å². The van der Waals surface area contributed by atoms with Gasteiger partial charge in [-0.15, -0.1) is 0 Å². The van der Waals surface area contributed by atoms with Crippen molar-refractivity contribution in [1.82, 2.24) is 10.3 Å². The van der Waals surface area contributed by atoms with E-state index in [4.69, 9.17) is 0 Å². The smallest absolute Gasteiger partial charge is 0.323 e. The average molecular weight is 248 g/mol. The van der Waals surface area contributed by atoms with Gasteiger partial charge in [-0.25, -0.2) is 0 Å². The van der Waals surface area contributed by atoms with Crippen molar-refractivity contribution in [3.05, 3.63) is 29.6 Å². The molecule has 0 spiro atoms. The lowest BCUT2D eigenvalue weighted by Gasteiger charge is -2.34. The molecule has 2 rings (SSSR count). The Labute approximate surface area is 107 Å². The fourth-order valence-corrected chi connectivity index (χ4v) is 2.58. The minimum absolute atomic E-state index is 0.522. The standard InChI is InChI=1S/C14H20N2O2/c1-11-6-5-7-12(16-11)10-15-14(13(17)18)8-3-2-4-9-14/h5-7,15H,2-4,8-10H2,1H3,(H,17,18). The summed E-state index contributed by atoms with van der Waals surface area (Å²) in [7, 11) is 0. The highest BCUT2D eigenvalue weighted by atomic mass is 16.4. The third-order valence-electron chi connectivity index (χ3n) is 3.67. The van der Waals surface area contributed by atoms with Crippen molar-refractivity contribution in [1.29, 1.82) is 0 Å². The number of aliphatic carboxylic acids is 1. The minimum atomic E-state index is -0.746. The van der Waals surface area contributed by atoms with E-state index in [1.54, 1.807) is 0 Å². The fraction of sp³-hybridized carbons (Fsp3) is 0.571. The highest BCUT2D eigenvalue weighted by Crippen LogP contribution is 2.28. The van der Waals surface area contributed by atoms with Crippen molar-refractivity contribution in [3.8, 4) is 0 Å². The number of carbonyl (C=O) groups is 1. The second kappa shape index (κ2) is 5.48. The molecule has 1 aliphatic rings. The number of hydrogen-bond donors (Lipinski definition) is 2. The van der Waals surface area contributed by atoms with E-state index in [-0.39, 0.29) is 0 Å². The van der Waals surface area contributed by atoms with E-state index < -0.39 is 11.5 Å². The largest absolute Gasteiger partial charge is 0.480 e. The SMILES string of the molecule is Cc1cccc(CNC2(C(=O)O)CCCCC2)n1. The number of hydrogen-bond acceptors (Lipinski definition) is 3. The van der Waals surface area contributed by atoms with Crippen LogP contribution in [0.15, 0.2) is 18.2 Å². The molecule has 0 aliphatic heterocycles. The monoisotopic (exact) mass is 248 g/mol. The quantitative estimate of drug-likeness (QED) is 0.858. The predicted octanol–water partition coefficient (Wildman–Crippen LogP) is 2.27. The Morgan fingerprint density at radius 3 is 2.72 bits per heavy atom. The van der Waals surface area contributed by atoms with Crippen molar-refractivity contribution in [3.63, 3.8) is 0 Å². The number of carboxylic acid groups (broad SMARTS) is 1. The van der Waals surface area contributed by atoms with Gasteiger partial charge in [-0.1, -0.05) is 25.3 Å². The normalized spacial score (nSPS) is 18.5. The Balaban J connectivity index is 2.04. The van der Waals surface area contributed by atoms with Gasteiger partial charge in [-0.2, -0.15) is 0 Å². The van der Waals surface area contributed by atoms with E-state index in [0.717, 1.165) is 30.7 Å². The summed E-state index contributed by atoms with van der Waals surface area (Å²) < 4.78 is 0. The van der Waals surface area contributed by atoms with Gasteiger partial charge >= 0.3 is 5.97 Å². The molecule has 0 unspecified atom stereocenters. The summed E-state index contributed by atoms with van der Waals surface area (Å²) in [5.74, 6) is -0.727. The Morgan fingerprint density at radius 2 is 2.11 bits per heavy atom. The van der Waals surface area contributed by atoms with Crippen molar-refractivity contribution in [2.24, 2.45) is 0 Å². The van der Waals surface area contributed by atoms with Crippen LogP contribution in [-0.4, -0.2) is 21.6 Å². The van der Waals surface area contributed by atoms with E-state index in [1.807, 2.05) is 25.1 Å². The zero-order valence-corrected chi connectivity index (χ0v) is 10.8. The molecular formula is C14H20N2O2. The molecule has 1 aliphatic carbocycles. The Morgan fingerprint density at radius 1 is 1.39 bits per heavy atom. The number of aryl methyl sites for hydroxylation is 1. The lowest BCUT2D eigenvalue weighted by atomic mass is 9.81. The molecule has 4 heteroatoms. The Kier molecular flexibility index (Phi) is 3.97. The van der Waals surface area contributed by atoms with Gasteiger partial charge in [0.05, 0.1) is 5.69 Å². The molecule has 4 nitrogen and oxygen atoms in total. The van der Waals surface area contributed by atoms with Crippen molar-refractivity contribution >= 4 is 5.97 Å². The van der Waals surface area contributed by atoms with Crippen LogP contribution in [0.1, 0.15) is 43.5 Å². The lowest BCUT2D eigenvalue weighted by Crippen LogP contribution is -2.53. The molecule has 1 heterocycles. The molecule has 0 radical (unpaired) electrons. The van der Waals surface area contributed by atoms with Crippen molar-refractivity contribution < 1.29 is 9.90 Å². The predicted molar refractivity (Wildman–Crippen MR) is 69.3 cm³/mol. The maximum Gasteiger partial charge on any atom is 0.323 e. The number of aromatic nitrogens is 1. The van der Waals surface area contributed by atoms with Gasteiger partial charge in [0.15, 0.2) is 0 Å². The first-order chi connectivity index (χ1) is 8.62. The molecule has 2 N–H and O–H groups in total. The van der Waals surface area contributed by atoms with E-state index in [2.05, 4.69) is 10.3 Å². The zero-order chi connectivity index (χ0) is 13.0. The molecule has 0 atom stereocenters. The lowest BCUT2D eigenvalue weighted by molar-refractivity contribution is -0.146. The first-order valence-corrected chi connectivity index (χ1v) is 6.53. The van der Waals surface area contributed by atoms with Crippen molar-refractivity contribution in [2.45, 2.75) is 51.1 Å². The maximum atomic E-state index is 11.5. The van der Waals surface area contributed by atoms with Crippen LogP contribution in [0.5, 0.6) is 0 Å². The fourth-order valence-electron chi connectivity index (χ4n) is 2.58. The van der Waals surface area contributed by atoms with E-state index in [9.17, 15) is 9.90 Å². The third kappa shape index (κ3) is 2.88. The molecule has 0 amide bonds. The summed E-state index contributed by atoms with van der Waals surface area (Å²) in [6.07, 6.45) is 4.54. The first kappa shape index (κ1) is 13.0. The summed E-state index contributed by atoms with van der Waals surface area (Å²) in [6.45, 7) is 2.46.